The number of benzene rings is 2. The maximum Gasteiger partial charge on any atom is 0.416 e. The van der Waals surface area contributed by atoms with Gasteiger partial charge in [0, 0.05) is 23.3 Å². The molecule has 6 nitrogen and oxygen atoms in total. The van der Waals surface area contributed by atoms with E-state index < -0.39 is 11.7 Å². The fourth-order valence-corrected chi connectivity index (χ4v) is 3.67. The van der Waals surface area contributed by atoms with E-state index in [9.17, 15) is 18.0 Å². The second-order valence-electron chi connectivity index (χ2n) is 8.04. The van der Waals surface area contributed by atoms with Crippen molar-refractivity contribution >= 4 is 28.3 Å². The van der Waals surface area contributed by atoms with E-state index in [2.05, 4.69) is 20.8 Å². The molecule has 1 amide bonds. The Hall–Kier alpha value is -3.88. The van der Waals surface area contributed by atoms with Gasteiger partial charge < -0.3 is 10.6 Å². The van der Waals surface area contributed by atoms with Crippen LogP contribution in [0.15, 0.2) is 66.9 Å². The third kappa shape index (κ3) is 4.67. The molecule has 1 saturated carbocycles. The summed E-state index contributed by atoms with van der Waals surface area (Å²) in [6, 6.07) is 16.3. The van der Waals surface area contributed by atoms with Gasteiger partial charge in [0.15, 0.2) is 11.6 Å². The maximum absolute atomic E-state index is 12.7. The number of amides is 1. The molecule has 2 aromatic carbocycles. The van der Waals surface area contributed by atoms with Gasteiger partial charge in [0.1, 0.15) is 0 Å². The van der Waals surface area contributed by atoms with Gasteiger partial charge in [-0.15, -0.1) is 10.2 Å². The van der Waals surface area contributed by atoms with Gasteiger partial charge in [-0.05, 0) is 60.9 Å². The molecule has 168 valence electrons. The monoisotopic (exact) mass is 451 g/mol. The molecule has 1 aliphatic carbocycles. The van der Waals surface area contributed by atoms with Gasteiger partial charge in [-0.1, -0.05) is 18.2 Å². The second kappa shape index (κ2) is 8.23. The van der Waals surface area contributed by atoms with Gasteiger partial charge in [0.25, 0.3) is 0 Å². The van der Waals surface area contributed by atoms with Crippen molar-refractivity contribution in [2.45, 2.75) is 31.5 Å². The lowest BCUT2D eigenvalue weighted by molar-refractivity contribution is -0.137. The van der Waals surface area contributed by atoms with Crippen LogP contribution in [-0.2, 0) is 17.4 Å². The van der Waals surface area contributed by atoms with E-state index in [0.717, 1.165) is 41.4 Å². The van der Waals surface area contributed by atoms with Crippen molar-refractivity contribution in [3.63, 3.8) is 0 Å². The Morgan fingerprint density at radius 1 is 1.00 bits per heavy atom. The number of hydrogen-bond donors (Lipinski definition) is 2. The van der Waals surface area contributed by atoms with Crippen molar-refractivity contribution in [3.8, 4) is 5.82 Å². The zero-order chi connectivity index (χ0) is 23.0. The number of alkyl halides is 3. The fourth-order valence-electron chi connectivity index (χ4n) is 3.67. The molecule has 2 heterocycles. The Balaban J connectivity index is 1.36. The highest BCUT2D eigenvalue weighted by Crippen LogP contribution is 2.30. The standard InChI is InChI=1S/C24H20F3N5O/c25-24(26,27)16-5-7-17(8-6-16)28-21-11-12-22(31-30-21)32-14-15(13-23(33)29-18-9-10-18)19-3-1-2-4-20(19)32/h1-8,11-12,14,18H,9-10,13H2,(H,28,30)(H,29,33). The second-order valence-corrected chi connectivity index (χ2v) is 8.04. The molecule has 33 heavy (non-hydrogen) atoms. The fraction of sp³-hybridized carbons (Fsp3) is 0.208. The summed E-state index contributed by atoms with van der Waals surface area (Å²) in [5.74, 6) is 0.972. The zero-order valence-electron chi connectivity index (χ0n) is 17.4. The van der Waals surface area contributed by atoms with Crippen molar-refractivity contribution in [3.05, 3.63) is 78.0 Å². The molecule has 0 saturated heterocycles. The number of carbonyl (C=O) groups excluding carboxylic acids is 1. The first kappa shape index (κ1) is 21.0. The van der Waals surface area contributed by atoms with E-state index in [1.165, 1.54) is 12.1 Å². The Morgan fingerprint density at radius 2 is 1.76 bits per heavy atom. The Labute approximate surface area is 187 Å². The average molecular weight is 451 g/mol. The minimum absolute atomic E-state index is 0.00239. The Kier molecular flexibility index (Phi) is 5.24. The van der Waals surface area contributed by atoms with Crippen molar-refractivity contribution in [2.75, 3.05) is 5.32 Å². The normalized spacial score (nSPS) is 13.8. The first-order valence-electron chi connectivity index (χ1n) is 10.5. The summed E-state index contributed by atoms with van der Waals surface area (Å²) < 4.78 is 40.1. The molecule has 0 aliphatic heterocycles. The molecule has 9 heteroatoms. The third-order valence-electron chi connectivity index (χ3n) is 5.47. The minimum atomic E-state index is -4.38. The van der Waals surface area contributed by atoms with Crippen molar-refractivity contribution in [1.82, 2.24) is 20.1 Å². The molecule has 0 unspecified atom stereocenters. The van der Waals surface area contributed by atoms with Crippen LogP contribution in [0.1, 0.15) is 24.0 Å². The molecule has 0 bridgehead atoms. The molecular weight excluding hydrogens is 431 g/mol. The van der Waals surface area contributed by atoms with Crippen LogP contribution in [0.4, 0.5) is 24.7 Å². The van der Waals surface area contributed by atoms with Gasteiger partial charge in [0.2, 0.25) is 5.91 Å². The summed E-state index contributed by atoms with van der Waals surface area (Å²) >= 11 is 0. The average Bonchev–Trinajstić information content (AvgIpc) is 3.54. The highest BCUT2D eigenvalue weighted by molar-refractivity contribution is 5.90. The summed E-state index contributed by atoms with van der Waals surface area (Å²) in [6.45, 7) is 0. The van der Waals surface area contributed by atoms with E-state index >= 15 is 0 Å². The number of nitrogens with one attached hydrogen (secondary N) is 2. The third-order valence-corrected chi connectivity index (χ3v) is 5.47. The van der Waals surface area contributed by atoms with Crippen molar-refractivity contribution in [2.24, 2.45) is 0 Å². The molecule has 2 aromatic heterocycles. The topological polar surface area (TPSA) is 71.8 Å². The van der Waals surface area contributed by atoms with Crippen LogP contribution in [0.2, 0.25) is 0 Å². The molecule has 1 aliphatic rings. The lowest BCUT2D eigenvalue weighted by Crippen LogP contribution is -2.26. The van der Waals surface area contributed by atoms with Gasteiger partial charge in [-0.25, -0.2) is 0 Å². The maximum atomic E-state index is 12.7. The molecule has 1 fully saturated rings. The summed E-state index contributed by atoms with van der Waals surface area (Å²) in [4.78, 5) is 12.3. The van der Waals surface area contributed by atoms with E-state index in [1.807, 2.05) is 35.0 Å². The predicted molar refractivity (Wildman–Crippen MR) is 118 cm³/mol. The molecule has 2 N–H and O–H groups in total. The number of rotatable bonds is 6. The molecular formula is C24H20F3N5O. The highest BCUT2D eigenvalue weighted by Gasteiger charge is 2.30. The number of anilines is 2. The van der Waals surface area contributed by atoms with Crippen LogP contribution in [0, 0.1) is 0 Å². The van der Waals surface area contributed by atoms with E-state index in [0.29, 0.717) is 23.4 Å². The summed E-state index contributed by atoms with van der Waals surface area (Å²) in [6.07, 6.45) is -0.127. The lowest BCUT2D eigenvalue weighted by Gasteiger charge is -2.09. The first-order valence-corrected chi connectivity index (χ1v) is 10.5. The minimum Gasteiger partial charge on any atom is -0.353 e. The quantitative estimate of drug-likeness (QED) is 0.433. The van der Waals surface area contributed by atoms with Crippen LogP contribution in [0.5, 0.6) is 0 Å². The van der Waals surface area contributed by atoms with Crippen LogP contribution in [0.25, 0.3) is 16.7 Å². The number of carbonyl (C=O) groups is 1. The largest absolute Gasteiger partial charge is 0.416 e. The molecule has 4 aromatic rings. The Morgan fingerprint density at radius 3 is 2.42 bits per heavy atom. The molecule has 0 spiro atoms. The van der Waals surface area contributed by atoms with Crippen LogP contribution in [-0.4, -0.2) is 26.7 Å². The van der Waals surface area contributed by atoms with Gasteiger partial charge in [-0.3, -0.25) is 9.36 Å². The van der Waals surface area contributed by atoms with E-state index in [-0.39, 0.29) is 12.3 Å². The number of hydrogen-bond acceptors (Lipinski definition) is 4. The van der Waals surface area contributed by atoms with Gasteiger partial charge in [-0.2, -0.15) is 13.2 Å². The van der Waals surface area contributed by atoms with Crippen molar-refractivity contribution in [1.29, 1.82) is 0 Å². The zero-order valence-corrected chi connectivity index (χ0v) is 17.4. The van der Waals surface area contributed by atoms with Crippen LogP contribution in [0.3, 0.4) is 0 Å². The predicted octanol–water partition coefficient (Wildman–Crippen LogP) is 5.00. The van der Waals surface area contributed by atoms with Crippen LogP contribution >= 0.6 is 0 Å². The number of fused-ring (bicyclic) bond motifs is 1. The van der Waals surface area contributed by atoms with Crippen LogP contribution < -0.4 is 10.6 Å². The molecule has 5 rings (SSSR count). The van der Waals surface area contributed by atoms with Gasteiger partial charge in [0.05, 0.1) is 17.5 Å². The number of nitrogens with zero attached hydrogens (tertiary/aromatic N) is 3. The summed E-state index contributed by atoms with van der Waals surface area (Å²) in [7, 11) is 0. The Bertz CT molecular complexity index is 1290. The summed E-state index contributed by atoms with van der Waals surface area (Å²) in [5.41, 5.74) is 1.57. The van der Waals surface area contributed by atoms with E-state index in [4.69, 9.17) is 0 Å². The number of para-hydroxylation sites is 1. The van der Waals surface area contributed by atoms with Crippen molar-refractivity contribution < 1.29 is 18.0 Å². The first-order chi connectivity index (χ1) is 15.9. The summed E-state index contributed by atoms with van der Waals surface area (Å²) in [5, 5.41) is 15.4. The number of aromatic nitrogens is 3. The molecule has 0 radical (unpaired) electrons. The van der Waals surface area contributed by atoms with E-state index in [1.54, 1.807) is 12.1 Å². The lowest BCUT2D eigenvalue weighted by atomic mass is 10.1. The number of halogens is 3. The highest BCUT2D eigenvalue weighted by atomic mass is 19.4. The molecule has 0 atom stereocenters. The smallest absolute Gasteiger partial charge is 0.353 e. The van der Waals surface area contributed by atoms with Gasteiger partial charge >= 0.3 is 6.18 Å². The SMILES string of the molecule is O=C(Cc1cn(-c2ccc(Nc3ccc(C(F)(F)F)cc3)nn2)c2ccccc12)NC1CC1.